The van der Waals surface area contributed by atoms with Crippen molar-refractivity contribution in [3.05, 3.63) is 35.9 Å². The van der Waals surface area contributed by atoms with Gasteiger partial charge in [0.15, 0.2) is 0 Å². The summed E-state index contributed by atoms with van der Waals surface area (Å²) in [5.41, 5.74) is 6.17. The van der Waals surface area contributed by atoms with Gasteiger partial charge < -0.3 is 16.4 Å². The minimum atomic E-state index is -0.333. The van der Waals surface area contributed by atoms with Crippen molar-refractivity contribution in [2.75, 3.05) is 13.1 Å². The smallest absolute Gasteiger partial charge is 0.239 e. The van der Waals surface area contributed by atoms with Crippen LogP contribution in [-0.4, -0.2) is 30.9 Å². The predicted molar refractivity (Wildman–Crippen MR) is 91.0 cm³/mol. The lowest BCUT2D eigenvalue weighted by Gasteiger charge is -2.35. The van der Waals surface area contributed by atoms with E-state index in [-0.39, 0.29) is 48.8 Å². The van der Waals surface area contributed by atoms with E-state index in [9.17, 15) is 9.59 Å². The summed E-state index contributed by atoms with van der Waals surface area (Å²) in [5, 5.41) is 5.47. The topological polar surface area (TPSA) is 84.2 Å². The van der Waals surface area contributed by atoms with E-state index in [0.29, 0.717) is 0 Å². The van der Waals surface area contributed by atoms with Crippen molar-refractivity contribution in [2.45, 2.75) is 38.6 Å². The van der Waals surface area contributed by atoms with Gasteiger partial charge >= 0.3 is 0 Å². The molecular weight excluding hydrogens is 302 g/mol. The van der Waals surface area contributed by atoms with Crippen LogP contribution in [-0.2, 0) is 15.0 Å². The third-order valence-electron chi connectivity index (χ3n) is 3.76. The minimum absolute atomic E-state index is 0. The van der Waals surface area contributed by atoms with Crippen molar-refractivity contribution >= 4 is 24.2 Å². The molecule has 1 rings (SSSR count). The van der Waals surface area contributed by atoms with E-state index in [1.165, 1.54) is 5.56 Å². The summed E-state index contributed by atoms with van der Waals surface area (Å²) in [6.07, 6.45) is 0.804. The van der Waals surface area contributed by atoms with Gasteiger partial charge in [-0.2, -0.15) is 0 Å². The van der Waals surface area contributed by atoms with Crippen molar-refractivity contribution in [1.82, 2.24) is 10.6 Å². The molecule has 2 amide bonds. The van der Waals surface area contributed by atoms with Crippen LogP contribution in [0.1, 0.15) is 32.8 Å². The molecule has 124 valence electrons. The van der Waals surface area contributed by atoms with Gasteiger partial charge in [-0.05, 0) is 12.0 Å². The first-order chi connectivity index (χ1) is 9.91. The molecule has 0 saturated heterocycles. The first-order valence-corrected chi connectivity index (χ1v) is 7.23. The minimum Gasteiger partial charge on any atom is -0.351 e. The maximum atomic E-state index is 11.9. The summed E-state index contributed by atoms with van der Waals surface area (Å²) in [5.74, 6) is -0.534. The Bertz CT molecular complexity index is 478. The molecule has 0 aliphatic rings. The zero-order valence-electron chi connectivity index (χ0n) is 13.4. The molecule has 1 aromatic rings. The molecule has 4 N–H and O–H groups in total. The van der Waals surface area contributed by atoms with Gasteiger partial charge in [0.2, 0.25) is 11.8 Å². The first kappa shape index (κ1) is 20.4. The average molecular weight is 328 g/mol. The summed E-state index contributed by atoms with van der Waals surface area (Å²) in [4.78, 5) is 23.0. The molecule has 0 saturated carbocycles. The van der Waals surface area contributed by atoms with Crippen molar-refractivity contribution in [3.63, 3.8) is 0 Å². The summed E-state index contributed by atoms with van der Waals surface area (Å²) >= 11 is 0. The maximum Gasteiger partial charge on any atom is 0.239 e. The van der Waals surface area contributed by atoms with E-state index in [0.717, 1.165) is 6.42 Å². The molecule has 1 atom stereocenters. The SMILES string of the molecule is CCC(NC(=O)CNC(=O)CN)C(C)(C)c1ccccc1.Cl. The molecule has 0 spiro atoms. The summed E-state index contributed by atoms with van der Waals surface area (Å²) in [6, 6.07) is 10.1. The Morgan fingerprint density at radius 2 is 1.77 bits per heavy atom. The van der Waals surface area contributed by atoms with Gasteiger partial charge in [-0.25, -0.2) is 0 Å². The van der Waals surface area contributed by atoms with Crippen LogP contribution in [0.4, 0.5) is 0 Å². The highest BCUT2D eigenvalue weighted by molar-refractivity contribution is 5.86. The molecule has 0 heterocycles. The highest BCUT2D eigenvalue weighted by atomic mass is 35.5. The molecule has 6 heteroatoms. The van der Waals surface area contributed by atoms with Gasteiger partial charge in [0.1, 0.15) is 0 Å². The van der Waals surface area contributed by atoms with Crippen LogP contribution >= 0.6 is 12.4 Å². The van der Waals surface area contributed by atoms with Crippen LogP contribution in [0, 0.1) is 0 Å². The Hall–Kier alpha value is -1.59. The molecule has 0 radical (unpaired) electrons. The number of nitrogens with one attached hydrogen (secondary N) is 2. The fraction of sp³-hybridized carbons (Fsp3) is 0.500. The first-order valence-electron chi connectivity index (χ1n) is 7.23. The zero-order chi connectivity index (χ0) is 15.9. The van der Waals surface area contributed by atoms with E-state index < -0.39 is 0 Å². The molecule has 22 heavy (non-hydrogen) atoms. The molecule has 0 bridgehead atoms. The number of carbonyl (C=O) groups excluding carboxylic acids is 2. The number of benzene rings is 1. The molecule has 1 unspecified atom stereocenters. The lowest BCUT2D eigenvalue weighted by molar-refractivity contribution is -0.126. The fourth-order valence-corrected chi connectivity index (χ4v) is 2.36. The number of hydrogen-bond donors (Lipinski definition) is 3. The van der Waals surface area contributed by atoms with Crippen molar-refractivity contribution in [1.29, 1.82) is 0 Å². The Morgan fingerprint density at radius 3 is 2.27 bits per heavy atom. The third kappa shape index (κ3) is 5.66. The van der Waals surface area contributed by atoms with Gasteiger partial charge in [-0.3, -0.25) is 9.59 Å². The Morgan fingerprint density at radius 1 is 1.18 bits per heavy atom. The summed E-state index contributed by atoms with van der Waals surface area (Å²) in [6.45, 7) is 6.09. The Labute approximate surface area is 138 Å². The molecule has 1 aromatic carbocycles. The van der Waals surface area contributed by atoms with E-state index in [4.69, 9.17) is 5.73 Å². The molecule has 0 fully saturated rings. The lowest BCUT2D eigenvalue weighted by atomic mass is 9.76. The van der Waals surface area contributed by atoms with Crippen LogP contribution in [0.25, 0.3) is 0 Å². The molecule has 0 aromatic heterocycles. The number of rotatable bonds is 7. The lowest BCUT2D eigenvalue weighted by Crippen LogP contribution is -2.50. The number of carbonyl (C=O) groups is 2. The van der Waals surface area contributed by atoms with Crippen LogP contribution in [0.3, 0.4) is 0 Å². The second kappa shape index (κ2) is 9.43. The van der Waals surface area contributed by atoms with Crippen molar-refractivity contribution < 1.29 is 9.59 Å². The molecule has 0 aliphatic carbocycles. The number of hydrogen-bond acceptors (Lipinski definition) is 3. The van der Waals surface area contributed by atoms with Crippen LogP contribution in [0.15, 0.2) is 30.3 Å². The standard InChI is InChI=1S/C16H25N3O2.ClH/c1-4-13(19-15(21)11-18-14(20)10-17)16(2,3)12-8-6-5-7-9-12;/h5-9,13H,4,10-11,17H2,1-3H3,(H,18,20)(H,19,21);1H. The summed E-state index contributed by atoms with van der Waals surface area (Å²) < 4.78 is 0. The van der Waals surface area contributed by atoms with E-state index in [1.807, 2.05) is 25.1 Å². The zero-order valence-corrected chi connectivity index (χ0v) is 14.2. The predicted octanol–water partition coefficient (Wildman–Crippen LogP) is 1.36. The van der Waals surface area contributed by atoms with Gasteiger partial charge in [-0.1, -0.05) is 51.1 Å². The second-order valence-corrected chi connectivity index (χ2v) is 5.60. The third-order valence-corrected chi connectivity index (χ3v) is 3.76. The second-order valence-electron chi connectivity index (χ2n) is 5.60. The van der Waals surface area contributed by atoms with E-state index in [1.54, 1.807) is 0 Å². The van der Waals surface area contributed by atoms with Crippen molar-refractivity contribution in [2.24, 2.45) is 5.73 Å². The quantitative estimate of drug-likeness (QED) is 0.707. The van der Waals surface area contributed by atoms with Crippen molar-refractivity contribution in [3.8, 4) is 0 Å². The molecule has 0 aliphatic heterocycles. The van der Waals surface area contributed by atoms with Gasteiger partial charge in [0.25, 0.3) is 0 Å². The average Bonchev–Trinajstić information content (AvgIpc) is 2.50. The molecule has 5 nitrogen and oxygen atoms in total. The Kier molecular flexibility index (Phi) is 8.75. The van der Waals surface area contributed by atoms with Gasteiger partial charge in [0.05, 0.1) is 13.1 Å². The number of halogens is 1. The normalized spacial score (nSPS) is 12.0. The van der Waals surface area contributed by atoms with E-state index >= 15 is 0 Å². The fourth-order valence-electron chi connectivity index (χ4n) is 2.36. The maximum absolute atomic E-state index is 11.9. The van der Waals surface area contributed by atoms with Crippen LogP contribution < -0.4 is 16.4 Å². The monoisotopic (exact) mass is 327 g/mol. The Balaban J connectivity index is 0.00000441. The number of nitrogens with two attached hydrogens (primary N) is 1. The highest BCUT2D eigenvalue weighted by Gasteiger charge is 2.31. The van der Waals surface area contributed by atoms with E-state index in [2.05, 4.69) is 36.6 Å². The van der Waals surface area contributed by atoms with Crippen LogP contribution in [0.5, 0.6) is 0 Å². The largest absolute Gasteiger partial charge is 0.351 e. The molecular formula is C16H26ClN3O2. The van der Waals surface area contributed by atoms with Crippen LogP contribution in [0.2, 0.25) is 0 Å². The summed E-state index contributed by atoms with van der Waals surface area (Å²) in [7, 11) is 0. The van der Waals surface area contributed by atoms with Gasteiger partial charge in [-0.15, -0.1) is 12.4 Å². The van der Waals surface area contributed by atoms with Gasteiger partial charge in [0, 0.05) is 11.5 Å². The number of amides is 2. The highest BCUT2D eigenvalue weighted by Crippen LogP contribution is 2.28.